The van der Waals surface area contributed by atoms with Crippen molar-refractivity contribution in [1.82, 2.24) is 0 Å². The molecule has 0 aromatic heterocycles. The molecule has 1 saturated heterocycles. The zero-order chi connectivity index (χ0) is 13.5. The van der Waals surface area contributed by atoms with Crippen molar-refractivity contribution in [3.8, 4) is 0 Å². The molecule has 3 nitrogen and oxygen atoms in total. The Bertz CT molecular complexity index is 356. The normalized spacial score (nSPS) is 17.8. The maximum absolute atomic E-state index is 5.80. The van der Waals surface area contributed by atoms with E-state index in [0.717, 1.165) is 38.9 Å². The zero-order valence-corrected chi connectivity index (χ0v) is 11.8. The lowest BCUT2D eigenvalue weighted by Crippen LogP contribution is -2.17. The highest BCUT2D eigenvalue weighted by molar-refractivity contribution is 5.23. The van der Waals surface area contributed by atoms with Crippen molar-refractivity contribution < 1.29 is 9.47 Å². The number of nitrogens with two attached hydrogens (primary N) is 1. The van der Waals surface area contributed by atoms with Gasteiger partial charge in [0.15, 0.2) is 6.29 Å². The van der Waals surface area contributed by atoms with Gasteiger partial charge in [0.05, 0.1) is 13.2 Å². The lowest BCUT2D eigenvalue weighted by Gasteiger charge is -2.09. The Hall–Kier alpha value is -0.900. The largest absolute Gasteiger partial charge is 0.350 e. The number of rotatable bonds is 7. The van der Waals surface area contributed by atoms with E-state index in [-0.39, 0.29) is 12.3 Å². The highest BCUT2D eigenvalue weighted by Crippen LogP contribution is 2.14. The van der Waals surface area contributed by atoms with Crippen LogP contribution in [0.5, 0.6) is 0 Å². The van der Waals surface area contributed by atoms with Crippen LogP contribution in [0.15, 0.2) is 24.3 Å². The van der Waals surface area contributed by atoms with Gasteiger partial charge in [0, 0.05) is 6.04 Å². The number of unbranched alkanes of at least 4 members (excludes halogenated alkanes) is 1. The molecule has 0 saturated carbocycles. The maximum Gasteiger partial charge on any atom is 0.157 e. The van der Waals surface area contributed by atoms with Gasteiger partial charge in [0.2, 0.25) is 0 Å². The monoisotopic (exact) mass is 263 g/mol. The van der Waals surface area contributed by atoms with Crippen LogP contribution in [0.2, 0.25) is 0 Å². The number of hydrogen-bond acceptors (Lipinski definition) is 3. The molecule has 3 heteroatoms. The molecule has 0 spiro atoms. The van der Waals surface area contributed by atoms with E-state index in [1.807, 2.05) is 6.92 Å². The molecule has 1 aromatic carbocycles. The second-order valence-electron chi connectivity index (χ2n) is 5.41. The maximum atomic E-state index is 5.80. The molecule has 1 heterocycles. The quantitative estimate of drug-likeness (QED) is 0.769. The average molecular weight is 263 g/mol. The van der Waals surface area contributed by atoms with Crippen molar-refractivity contribution in [2.45, 2.75) is 51.4 Å². The molecule has 19 heavy (non-hydrogen) atoms. The summed E-state index contributed by atoms with van der Waals surface area (Å²) in [5.41, 5.74) is 8.53. The first-order valence-electron chi connectivity index (χ1n) is 7.30. The molecule has 1 aromatic rings. The summed E-state index contributed by atoms with van der Waals surface area (Å²) >= 11 is 0. The van der Waals surface area contributed by atoms with Gasteiger partial charge in [-0.2, -0.15) is 0 Å². The number of ether oxygens (including phenoxy) is 2. The number of hydrogen-bond donors (Lipinski definition) is 1. The lowest BCUT2D eigenvalue weighted by atomic mass is 10.0. The van der Waals surface area contributed by atoms with E-state index in [9.17, 15) is 0 Å². The standard InChI is InChI=1S/C16H25NO2/c1-13(17)12-15-8-6-14(7-9-15)4-2-3-5-16-18-10-11-19-16/h6-9,13,16H,2-5,10-12,17H2,1H3. The van der Waals surface area contributed by atoms with Crippen molar-refractivity contribution in [2.75, 3.05) is 13.2 Å². The van der Waals surface area contributed by atoms with Crippen LogP contribution in [0.4, 0.5) is 0 Å². The topological polar surface area (TPSA) is 44.5 Å². The summed E-state index contributed by atoms with van der Waals surface area (Å²) in [6.45, 7) is 3.55. The molecule has 2 N–H and O–H groups in total. The molecule has 0 amide bonds. The van der Waals surface area contributed by atoms with Gasteiger partial charge in [0.25, 0.3) is 0 Å². The molecule has 0 aliphatic carbocycles. The Kier molecular flexibility index (Phi) is 5.83. The van der Waals surface area contributed by atoms with Crippen LogP contribution in [0, 0.1) is 0 Å². The Balaban J connectivity index is 1.65. The number of aryl methyl sites for hydroxylation is 1. The van der Waals surface area contributed by atoms with Gasteiger partial charge in [0.1, 0.15) is 0 Å². The predicted octanol–water partition coefficient (Wildman–Crippen LogP) is 2.66. The first kappa shape index (κ1) is 14.5. The number of benzene rings is 1. The Morgan fingerprint density at radius 2 is 1.74 bits per heavy atom. The van der Waals surface area contributed by atoms with E-state index in [2.05, 4.69) is 24.3 Å². The van der Waals surface area contributed by atoms with Crippen molar-refractivity contribution in [2.24, 2.45) is 5.73 Å². The van der Waals surface area contributed by atoms with E-state index in [1.54, 1.807) is 0 Å². The molecule has 1 unspecified atom stereocenters. The van der Waals surface area contributed by atoms with Crippen LogP contribution in [0.1, 0.15) is 37.3 Å². The van der Waals surface area contributed by atoms with Crippen molar-refractivity contribution in [3.63, 3.8) is 0 Å². The summed E-state index contributed by atoms with van der Waals surface area (Å²) in [5, 5.41) is 0. The first-order valence-corrected chi connectivity index (χ1v) is 7.30. The van der Waals surface area contributed by atoms with Crippen molar-refractivity contribution in [3.05, 3.63) is 35.4 Å². The van der Waals surface area contributed by atoms with Gasteiger partial charge >= 0.3 is 0 Å². The van der Waals surface area contributed by atoms with Gasteiger partial charge in [-0.25, -0.2) is 0 Å². The molecule has 2 rings (SSSR count). The molecular formula is C16H25NO2. The lowest BCUT2D eigenvalue weighted by molar-refractivity contribution is -0.0479. The molecule has 0 radical (unpaired) electrons. The minimum Gasteiger partial charge on any atom is -0.350 e. The Morgan fingerprint density at radius 3 is 2.37 bits per heavy atom. The third-order valence-corrected chi connectivity index (χ3v) is 3.43. The average Bonchev–Trinajstić information content (AvgIpc) is 2.89. The van der Waals surface area contributed by atoms with Crippen LogP contribution in [-0.4, -0.2) is 25.5 Å². The van der Waals surface area contributed by atoms with Crippen LogP contribution >= 0.6 is 0 Å². The summed E-state index contributed by atoms with van der Waals surface area (Å²) in [5.74, 6) is 0. The molecule has 1 fully saturated rings. The fourth-order valence-electron chi connectivity index (χ4n) is 2.43. The first-order chi connectivity index (χ1) is 9.24. The second kappa shape index (κ2) is 7.63. The molecule has 1 aliphatic rings. The second-order valence-corrected chi connectivity index (χ2v) is 5.41. The fraction of sp³-hybridized carbons (Fsp3) is 0.625. The molecular weight excluding hydrogens is 238 g/mol. The van der Waals surface area contributed by atoms with Crippen LogP contribution in [-0.2, 0) is 22.3 Å². The smallest absolute Gasteiger partial charge is 0.157 e. The third kappa shape index (κ3) is 5.31. The van der Waals surface area contributed by atoms with Crippen LogP contribution in [0.3, 0.4) is 0 Å². The van der Waals surface area contributed by atoms with E-state index < -0.39 is 0 Å². The van der Waals surface area contributed by atoms with Gasteiger partial charge in [-0.1, -0.05) is 24.3 Å². The molecule has 0 bridgehead atoms. The molecule has 1 aliphatic heterocycles. The van der Waals surface area contributed by atoms with Crippen LogP contribution in [0.25, 0.3) is 0 Å². The van der Waals surface area contributed by atoms with E-state index >= 15 is 0 Å². The summed E-state index contributed by atoms with van der Waals surface area (Å²) in [4.78, 5) is 0. The molecule has 1 atom stereocenters. The van der Waals surface area contributed by atoms with Crippen molar-refractivity contribution >= 4 is 0 Å². The van der Waals surface area contributed by atoms with Gasteiger partial charge in [-0.3, -0.25) is 0 Å². The summed E-state index contributed by atoms with van der Waals surface area (Å²) in [7, 11) is 0. The van der Waals surface area contributed by atoms with Crippen LogP contribution < -0.4 is 5.73 Å². The minimum absolute atomic E-state index is 0.0495. The predicted molar refractivity (Wildman–Crippen MR) is 77.0 cm³/mol. The Morgan fingerprint density at radius 1 is 1.11 bits per heavy atom. The van der Waals surface area contributed by atoms with Gasteiger partial charge in [-0.05, 0) is 50.2 Å². The van der Waals surface area contributed by atoms with Gasteiger partial charge < -0.3 is 15.2 Å². The Labute approximate surface area is 116 Å². The SMILES string of the molecule is CC(N)Cc1ccc(CCCCC2OCCO2)cc1. The van der Waals surface area contributed by atoms with Crippen molar-refractivity contribution in [1.29, 1.82) is 0 Å². The summed E-state index contributed by atoms with van der Waals surface area (Å²) < 4.78 is 10.8. The van der Waals surface area contributed by atoms with Gasteiger partial charge in [-0.15, -0.1) is 0 Å². The zero-order valence-electron chi connectivity index (χ0n) is 11.8. The van der Waals surface area contributed by atoms with E-state index in [0.29, 0.717) is 0 Å². The van der Waals surface area contributed by atoms with E-state index in [1.165, 1.54) is 17.5 Å². The third-order valence-electron chi connectivity index (χ3n) is 3.43. The highest BCUT2D eigenvalue weighted by Gasteiger charge is 2.14. The highest BCUT2D eigenvalue weighted by atomic mass is 16.7. The molecule has 106 valence electrons. The summed E-state index contributed by atoms with van der Waals surface area (Å²) in [6, 6.07) is 9.07. The minimum atomic E-state index is 0.0495. The summed E-state index contributed by atoms with van der Waals surface area (Å²) in [6.07, 6.45) is 5.50. The van der Waals surface area contributed by atoms with E-state index in [4.69, 9.17) is 15.2 Å². The fourth-order valence-corrected chi connectivity index (χ4v) is 2.43.